The Labute approximate surface area is 138 Å². The summed E-state index contributed by atoms with van der Waals surface area (Å²) < 4.78 is 5.56. The van der Waals surface area contributed by atoms with E-state index in [9.17, 15) is 5.11 Å². The van der Waals surface area contributed by atoms with Crippen LogP contribution in [0, 0.1) is 11.8 Å². The smallest absolute Gasteiger partial charge is 0.154 e. The van der Waals surface area contributed by atoms with Crippen molar-refractivity contribution in [2.75, 3.05) is 6.61 Å². The van der Waals surface area contributed by atoms with E-state index in [0.29, 0.717) is 18.4 Å². The van der Waals surface area contributed by atoms with Crippen molar-refractivity contribution < 1.29 is 9.84 Å². The van der Waals surface area contributed by atoms with Gasteiger partial charge in [0.05, 0.1) is 0 Å². The highest BCUT2D eigenvalue weighted by Gasteiger charge is 2.11. The second kappa shape index (κ2) is 12.9. The Morgan fingerprint density at radius 1 is 0.864 bits per heavy atom. The van der Waals surface area contributed by atoms with Gasteiger partial charge >= 0.3 is 0 Å². The molecule has 0 heterocycles. The van der Waals surface area contributed by atoms with E-state index in [2.05, 4.69) is 53.7 Å². The Bertz CT molecular complexity index is 323. The zero-order valence-electron chi connectivity index (χ0n) is 15.7. The highest BCUT2D eigenvalue weighted by Crippen LogP contribution is 2.16. The molecule has 0 aliphatic carbocycles. The summed E-state index contributed by atoms with van der Waals surface area (Å²) in [5, 5.41) is 9.94. The maximum Gasteiger partial charge on any atom is 0.154 e. The molecular weight excluding hydrogens is 272 g/mol. The van der Waals surface area contributed by atoms with E-state index in [1.165, 1.54) is 17.6 Å². The highest BCUT2D eigenvalue weighted by atomic mass is 16.6. The highest BCUT2D eigenvalue weighted by molar-refractivity contribution is 4.93. The minimum absolute atomic E-state index is 0.501. The largest absolute Gasteiger partial charge is 0.368 e. The third-order valence-electron chi connectivity index (χ3n) is 3.95. The van der Waals surface area contributed by atoms with E-state index in [0.717, 1.165) is 32.1 Å². The standard InChI is InChI=1S/C20H38O2/c1-16(2)9-7-11-18(5)13-14-22-20(21)15-19(6)12-8-10-17(3)4/h9-10,18-21H,7-8,11-15H2,1-6H3/t18-,19?,20-/m0/s1. The van der Waals surface area contributed by atoms with Gasteiger partial charge in [0.1, 0.15) is 0 Å². The van der Waals surface area contributed by atoms with Crippen LogP contribution in [-0.2, 0) is 4.74 Å². The molecule has 0 bridgehead atoms. The van der Waals surface area contributed by atoms with Gasteiger partial charge in [0, 0.05) is 13.0 Å². The Balaban J connectivity index is 3.69. The minimum atomic E-state index is -0.605. The Morgan fingerprint density at radius 3 is 1.86 bits per heavy atom. The number of allylic oxidation sites excluding steroid dienone is 4. The first kappa shape index (κ1) is 21.4. The lowest BCUT2D eigenvalue weighted by atomic mass is 10.0. The van der Waals surface area contributed by atoms with Gasteiger partial charge in [-0.2, -0.15) is 0 Å². The first-order chi connectivity index (χ1) is 10.3. The fourth-order valence-electron chi connectivity index (χ4n) is 2.39. The Morgan fingerprint density at radius 2 is 1.36 bits per heavy atom. The third kappa shape index (κ3) is 14.3. The van der Waals surface area contributed by atoms with Crippen LogP contribution in [0.3, 0.4) is 0 Å². The van der Waals surface area contributed by atoms with Crippen molar-refractivity contribution in [2.45, 2.75) is 86.4 Å². The van der Waals surface area contributed by atoms with Crippen molar-refractivity contribution >= 4 is 0 Å². The van der Waals surface area contributed by atoms with Gasteiger partial charge in [0.15, 0.2) is 6.29 Å². The summed E-state index contributed by atoms with van der Waals surface area (Å²) >= 11 is 0. The van der Waals surface area contributed by atoms with Crippen LogP contribution >= 0.6 is 0 Å². The van der Waals surface area contributed by atoms with Gasteiger partial charge in [-0.3, -0.25) is 0 Å². The molecule has 0 radical (unpaired) electrons. The molecule has 0 aliphatic rings. The van der Waals surface area contributed by atoms with E-state index in [1.54, 1.807) is 0 Å². The van der Waals surface area contributed by atoms with Crippen molar-refractivity contribution in [1.82, 2.24) is 0 Å². The second-order valence-electron chi connectivity index (χ2n) is 7.28. The molecule has 0 saturated carbocycles. The number of aliphatic hydroxyl groups excluding tert-OH is 1. The number of rotatable bonds is 12. The number of hydrogen-bond donors (Lipinski definition) is 1. The predicted octanol–water partition coefficient (Wildman–Crippen LogP) is 5.87. The molecule has 0 amide bonds. The molecule has 3 atom stereocenters. The van der Waals surface area contributed by atoms with Crippen LogP contribution in [0.5, 0.6) is 0 Å². The summed E-state index contributed by atoms with van der Waals surface area (Å²) in [6.45, 7) is 13.6. The quantitative estimate of drug-likeness (QED) is 0.361. The fraction of sp³-hybridized carbons (Fsp3) is 0.800. The molecule has 0 spiro atoms. The topological polar surface area (TPSA) is 29.5 Å². The number of aliphatic hydroxyl groups is 1. The van der Waals surface area contributed by atoms with Gasteiger partial charge in [0.25, 0.3) is 0 Å². The van der Waals surface area contributed by atoms with Crippen molar-refractivity contribution in [3.8, 4) is 0 Å². The lowest BCUT2D eigenvalue weighted by Crippen LogP contribution is -2.17. The monoisotopic (exact) mass is 310 g/mol. The second-order valence-corrected chi connectivity index (χ2v) is 7.28. The summed E-state index contributed by atoms with van der Waals surface area (Å²) in [6, 6.07) is 0. The van der Waals surface area contributed by atoms with Crippen LogP contribution in [-0.4, -0.2) is 18.0 Å². The van der Waals surface area contributed by atoms with Gasteiger partial charge in [-0.05, 0) is 71.6 Å². The maximum atomic E-state index is 9.94. The lowest BCUT2D eigenvalue weighted by molar-refractivity contribution is -0.113. The molecule has 0 aromatic rings. The van der Waals surface area contributed by atoms with Crippen LogP contribution in [0.15, 0.2) is 23.3 Å². The summed E-state index contributed by atoms with van der Waals surface area (Å²) in [4.78, 5) is 0. The molecule has 1 unspecified atom stereocenters. The average Bonchev–Trinajstić information content (AvgIpc) is 2.37. The Kier molecular flexibility index (Phi) is 12.5. The molecule has 2 nitrogen and oxygen atoms in total. The average molecular weight is 311 g/mol. The summed E-state index contributed by atoms with van der Waals surface area (Å²) in [7, 11) is 0. The first-order valence-corrected chi connectivity index (χ1v) is 8.87. The van der Waals surface area contributed by atoms with Gasteiger partial charge < -0.3 is 9.84 Å². The summed E-state index contributed by atoms with van der Waals surface area (Å²) in [6.07, 6.45) is 10.3. The van der Waals surface area contributed by atoms with Crippen LogP contribution in [0.25, 0.3) is 0 Å². The lowest BCUT2D eigenvalue weighted by Gasteiger charge is -2.18. The SMILES string of the molecule is CC(C)=CCCC(C)C[C@@H](O)OCC[C@@H](C)CCC=C(C)C. The van der Waals surface area contributed by atoms with E-state index in [1.807, 2.05) is 0 Å². The van der Waals surface area contributed by atoms with Gasteiger partial charge in [-0.1, -0.05) is 37.1 Å². The van der Waals surface area contributed by atoms with Gasteiger partial charge in [-0.15, -0.1) is 0 Å². The summed E-state index contributed by atoms with van der Waals surface area (Å²) in [5.74, 6) is 1.15. The normalized spacial score (nSPS) is 15.0. The molecule has 0 fully saturated rings. The molecule has 0 aliphatic heterocycles. The van der Waals surface area contributed by atoms with Gasteiger partial charge in [-0.25, -0.2) is 0 Å². The van der Waals surface area contributed by atoms with Crippen LogP contribution < -0.4 is 0 Å². The van der Waals surface area contributed by atoms with Crippen molar-refractivity contribution in [1.29, 1.82) is 0 Å². The minimum Gasteiger partial charge on any atom is -0.368 e. The van der Waals surface area contributed by atoms with Crippen LogP contribution in [0.2, 0.25) is 0 Å². The molecule has 130 valence electrons. The molecule has 0 aromatic heterocycles. The van der Waals surface area contributed by atoms with Crippen molar-refractivity contribution in [2.24, 2.45) is 11.8 Å². The number of hydrogen-bond acceptors (Lipinski definition) is 2. The fourth-order valence-corrected chi connectivity index (χ4v) is 2.39. The molecule has 0 aromatic carbocycles. The van der Waals surface area contributed by atoms with Crippen molar-refractivity contribution in [3.63, 3.8) is 0 Å². The first-order valence-electron chi connectivity index (χ1n) is 8.87. The van der Waals surface area contributed by atoms with Gasteiger partial charge in [0.2, 0.25) is 0 Å². The Hall–Kier alpha value is -0.600. The molecule has 1 N–H and O–H groups in total. The molecule has 2 heteroatoms. The summed E-state index contributed by atoms with van der Waals surface area (Å²) in [5.41, 5.74) is 2.76. The maximum absolute atomic E-state index is 9.94. The molecule has 22 heavy (non-hydrogen) atoms. The van der Waals surface area contributed by atoms with E-state index >= 15 is 0 Å². The molecular formula is C20H38O2. The van der Waals surface area contributed by atoms with E-state index < -0.39 is 6.29 Å². The van der Waals surface area contributed by atoms with Crippen LogP contribution in [0.1, 0.15) is 80.1 Å². The van der Waals surface area contributed by atoms with Crippen molar-refractivity contribution in [3.05, 3.63) is 23.3 Å². The third-order valence-corrected chi connectivity index (χ3v) is 3.95. The number of ether oxygens (including phenoxy) is 1. The van der Waals surface area contributed by atoms with E-state index in [4.69, 9.17) is 4.74 Å². The zero-order chi connectivity index (χ0) is 17.0. The predicted molar refractivity (Wildman–Crippen MR) is 96.9 cm³/mol. The van der Waals surface area contributed by atoms with E-state index in [-0.39, 0.29) is 0 Å². The van der Waals surface area contributed by atoms with Crippen LogP contribution in [0.4, 0.5) is 0 Å². The zero-order valence-corrected chi connectivity index (χ0v) is 15.7. The molecule has 0 saturated heterocycles. The molecule has 0 rings (SSSR count).